The molecule has 37 heavy (non-hydrogen) atoms. The number of para-hydroxylation sites is 1. The van der Waals surface area contributed by atoms with E-state index in [0.717, 1.165) is 41.6 Å². The largest absolute Gasteiger partial charge is 0.328 e. The van der Waals surface area contributed by atoms with Gasteiger partial charge in [-0.1, -0.05) is 75.2 Å². The lowest BCUT2D eigenvalue weighted by Crippen LogP contribution is -2.38. The van der Waals surface area contributed by atoms with Crippen LogP contribution in [0, 0.1) is 13.8 Å². The zero-order valence-electron chi connectivity index (χ0n) is 22.4. The molecule has 1 unspecified atom stereocenters. The fourth-order valence-electron chi connectivity index (χ4n) is 4.85. The van der Waals surface area contributed by atoms with Crippen LogP contribution in [0.5, 0.6) is 0 Å². The van der Waals surface area contributed by atoms with Gasteiger partial charge in [0.1, 0.15) is 5.82 Å². The summed E-state index contributed by atoms with van der Waals surface area (Å²) in [5.41, 5.74) is 4.65. The maximum Gasteiger partial charge on any atom is 0.266 e. The molecule has 0 N–H and O–H groups in total. The van der Waals surface area contributed by atoms with E-state index in [1.165, 1.54) is 0 Å². The number of benzene rings is 3. The number of fused-ring (bicyclic) bond motifs is 1. The third-order valence-corrected chi connectivity index (χ3v) is 7.12. The molecule has 0 saturated heterocycles. The summed E-state index contributed by atoms with van der Waals surface area (Å²) in [4.78, 5) is 34.6. The van der Waals surface area contributed by atoms with Gasteiger partial charge in [0, 0.05) is 13.0 Å². The number of amides is 1. The van der Waals surface area contributed by atoms with Crippen molar-refractivity contribution in [3.63, 3.8) is 0 Å². The molecule has 0 radical (unpaired) electrons. The fraction of sp³-hybridized carbons (Fsp3) is 0.344. The van der Waals surface area contributed by atoms with Gasteiger partial charge in [-0.2, -0.15) is 0 Å². The lowest BCUT2D eigenvalue weighted by Gasteiger charge is -2.33. The smallest absolute Gasteiger partial charge is 0.266 e. The molecule has 192 valence electrons. The Labute approximate surface area is 219 Å². The summed E-state index contributed by atoms with van der Waals surface area (Å²) in [6.45, 7) is 8.79. The average Bonchev–Trinajstić information content (AvgIpc) is 2.91. The topological polar surface area (TPSA) is 55.2 Å². The number of hydrogen-bond acceptors (Lipinski definition) is 3. The van der Waals surface area contributed by atoms with Crippen LogP contribution in [0.15, 0.2) is 77.6 Å². The van der Waals surface area contributed by atoms with Gasteiger partial charge in [0.2, 0.25) is 5.91 Å². The van der Waals surface area contributed by atoms with Crippen LogP contribution in [0.25, 0.3) is 16.6 Å². The summed E-state index contributed by atoms with van der Waals surface area (Å²) < 4.78 is 1.72. The standard InChI is InChI=1S/C32H37N3O2/c1-5-7-9-18-30(36)34(22-25-14-10-8-11-15-25)29(6-2)31-33-28-17-13-12-16-27(28)32(37)35(31)26-20-19-23(3)24(4)21-26/h8,10-17,19-21,29H,5-7,9,18,22H2,1-4H3. The van der Waals surface area contributed by atoms with Crippen molar-refractivity contribution < 1.29 is 4.79 Å². The van der Waals surface area contributed by atoms with Gasteiger partial charge in [0.25, 0.3) is 5.56 Å². The lowest BCUT2D eigenvalue weighted by molar-refractivity contribution is -0.135. The SMILES string of the molecule is CCCCCC(=O)N(Cc1ccccc1)C(CC)c1nc2ccccc2c(=O)n1-c1ccc(C)c(C)c1. The van der Waals surface area contributed by atoms with E-state index in [1.54, 1.807) is 4.57 Å². The molecule has 1 amide bonds. The van der Waals surface area contributed by atoms with Gasteiger partial charge in [-0.15, -0.1) is 0 Å². The molecule has 0 fully saturated rings. The van der Waals surface area contributed by atoms with E-state index in [2.05, 4.69) is 20.8 Å². The molecule has 0 bridgehead atoms. The molecule has 0 aliphatic rings. The molecule has 4 aromatic rings. The molecule has 1 heterocycles. The number of hydrogen-bond donors (Lipinski definition) is 0. The Morgan fingerprint density at radius 2 is 1.65 bits per heavy atom. The average molecular weight is 496 g/mol. The summed E-state index contributed by atoms with van der Waals surface area (Å²) in [5, 5.41) is 0.572. The normalized spacial score (nSPS) is 12.0. The van der Waals surface area contributed by atoms with Gasteiger partial charge in [-0.3, -0.25) is 14.2 Å². The van der Waals surface area contributed by atoms with Crippen molar-refractivity contribution in [2.75, 3.05) is 0 Å². The number of carbonyl (C=O) groups excluding carboxylic acids is 1. The second kappa shape index (κ2) is 12.0. The minimum atomic E-state index is -0.353. The second-order valence-electron chi connectivity index (χ2n) is 9.78. The van der Waals surface area contributed by atoms with Crippen molar-refractivity contribution in [3.8, 4) is 5.69 Å². The number of nitrogens with zero attached hydrogens (tertiary/aromatic N) is 3. The van der Waals surface area contributed by atoms with Gasteiger partial charge in [-0.25, -0.2) is 4.98 Å². The second-order valence-corrected chi connectivity index (χ2v) is 9.78. The highest BCUT2D eigenvalue weighted by molar-refractivity contribution is 5.79. The van der Waals surface area contributed by atoms with E-state index in [1.807, 2.05) is 84.6 Å². The van der Waals surface area contributed by atoms with Gasteiger partial charge < -0.3 is 4.90 Å². The Morgan fingerprint density at radius 1 is 0.919 bits per heavy atom. The first kappa shape index (κ1) is 26.3. The maximum atomic E-state index is 13.9. The molecule has 5 heteroatoms. The third-order valence-electron chi connectivity index (χ3n) is 7.12. The Hall–Kier alpha value is -3.73. The van der Waals surface area contributed by atoms with Crippen LogP contribution < -0.4 is 5.56 Å². The minimum absolute atomic E-state index is 0.0956. The van der Waals surface area contributed by atoms with Crippen molar-refractivity contribution in [3.05, 3.63) is 106 Å². The van der Waals surface area contributed by atoms with E-state index in [-0.39, 0.29) is 17.5 Å². The van der Waals surface area contributed by atoms with E-state index in [9.17, 15) is 9.59 Å². The Morgan fingerprint density at radius 3 is 2.35 bits per heavy atom. The molecular formula is C32H37N3O2. The lowest BCUT2D eigenvalue weighted by atomic mass is 10.1. The molecule has 0 aliphatic carbocycles. The van der Waals surface area contributed by atoms with Gasteiger partial charge in [0.05, 0.1) is 22.6 Å². The van der Waals surface area contributed by atoms with Crippen LogP contribution in [0.4, 0.5) is 0 Å². The number of rotatable bonds is 10. The maximum absolute atomic E-state index is 13.9. The summed E-state index contributed by atoms with van der Waals surface area (Å²) in [6, 6.07) is 23.2. The van der Waals surface area contributed by atoms with Gasteiger partial charge in [0.15, 0.2) is 0 Å². The first-order valence-electron chi connectivity index (χ1n) is 13.4. The van der Waals surface area contributed by atoms with E-state index in [4.69, 9.17) is 4.98 Å². The van der Waals surface area contributed by atoms with Crippen molar-refractivity contribution in [1.82, 2.24) is 14.5 Å². The fourth-order valence-corrected chi connectivity index (χ4v) is 4.85. The van der Waals surface area contributed by atoms with Crippen LogP contribution in [0.1, 0.15) is 74.5 Å². The molecule has 0 aliphatic heterocycles. The highest BCUT2D eigenvalue weighted by Crippen LogP contribution is 2.29. The number of carbonyl (C=O) groups is 1. The Bertz CT molecular complexity index is 1430. The molecule has 1 atom stereocenters. The van der Waals surface area contributed by atoms with Gasteiger partial charge in [-0.05, 0) is 67.6 Å². The first-order valence-corrected chi connectivity index (χ1v) is 13.4. The van der Waals surface area contributed by atoms with Crippen LogP contribution >= 0.6 is 0 Å². The van der Waals surface area contributed by atoms with E-state index in [0.29, 0.717) is 36.1 Å². The van der Waals surface area contributed by atoms with Crippen LogP contribution in [-0.2, 0) is 11.3 Å². The molecule has 1 aromatic heterocycles. The molecule has 5 nitrogen and oxygen atoms in total. The summed E-state index contributed by atoms with van der Waals surface area (Å²) in [6.07, 6.45) is 4.05. The Balaban J connectivity index is 1.91. The summed E-state index contributed by atoms with van der Waals surface area (Å²) >= 11 is 0. The molecular weight excluding hydrogens is 458 g/mol. The van der Waals surface area contributed by atoms with Crippen molar-refractivity contribution in [2.45, 2.75) is 72.4 Å². The molecule has 3 aromatic carbocycles. The number of aromatic nitrogens is 2. The van der Waals surface area contributed by atoms with Crippen molar-refractivity contribution >= 4 is 16.8 Å². The number of aryl methyl sites for hydroxylation is 2. The first-order chi connectivity index (χ1) is 17.9. The van der Waals surface area contributed by atoms with Crippen LogP contribution in [0.2, 0.25) is 0 Å². The summed E-state index contributed by atoms with van der Waals surface area (Å²) in [5.74, 6) is 0.701. The predicted molar refractivity (Wildman–Crippen MR) is 151 cm³/mol. The zero-order chi connectivity index (χ0) is 26.4. The monoisotopic (exact) mass is 495 g/mol. The van der Waals surface area contributed by atoms with Crippen LogP contribution in [-0.4, -0.2) is 20.4 Å². The predicted octanol–water partition coefficient (Wildman–Crippen LogP) is 7.06. The van der Waals surface area contributed by atoms with Crippen molar-refractivity contribution in [2.24, 2.45) is 0 Å². The number of unbranched alkanes of at least 4 members (excludes halogenated alkanes) is 2. The summed E-state index contributed by atoms with van der Waals surface area (Å²) in [7, 11) is 0. The molecule has 4 rings (SSSR count). The minimum Gasteiger partial charge on any atom is -0.328 e. The molecule has 0 saturated carbocycles. The highest BCUT2D eigenvalue weighted by Gasteiger charge is 2.29. The van der Waals surface area contributed by atoms with Gasteiger partial charge >= 0.3 is 0 Å². The van der Waals surface area contributed by atoms with E-state index >= 15 is 0 Å². The zero-order valence-corrected chi connectivity index (χ0v) is 22.4. The van der Waals surface area contributed by atoms with Crippen molar-refractivity contribution in [1.29, 1.82) is 0 Å². The highest BCUT2D eigenvalue weighted by atomic mass is 16.2. The molecule has 0 spiro atoms. The quantitative estimate of drug-likeness (QED) is 0.221. The van der Waals surface area contributed by atoms with E-state index < -0.39 is 0 Å². The third kappa shape index (κ3) is 5.82. The Kier molecular flexibility index (Phi) is 8.54. The van der Waals surface area contributed by atoms with Crippen LogP contribution in [0.3, 0.4) is 0 Å².